The van der Waals surface area contributed by atoms with Crippen molar-refractivity contribution in [1.29, 1.82) is 0 Å². The molecule has 0 saturated heterocycles. The topological polar surface area (TPSA) is 72.0 Å². The van der Waals surface area contributed by atoms with Crippen LogP contribution in [0.1, 0.15) is 31.1 Å². The maximum absolute atomic E-state index is 12.7. The van der Waals surface area contributed by atoms with E-state index >= 15 is 0 Å². The van der Waals surface area contributed by atoms with Crippen LogP contribution >= 0.6 is 23.1 Å². The second kappa shape index (κ2) is 7.97. The van der Waals surface area contributed by atoms with Gasteiger partial charge in [0.05, 0.1) is 15.5 Å². The van der Waals surface area contributed by atoms with E-state index in [1.54, 1.807) is 35.6 Å². The molecule has 3 aromatic rings. The van der Waals surface area contributed by atoms with Gasteiger partial charge in [-0.05, 0) is 42.6 Å². The molecule has 134 valence electrons. The van der Waals surface area contributed by atoms with Gasteiger partial charge >= 0.3 is 0 Å². The Balaban J connectivity index is 1.70. The molecule has 1 N–H and O–H groups in total. The molecule has 26 heavy (non-hydrogen) atoms. The summed E-state index contributed by atoms with van der Waals surface area (Å²) in [7, 11) is 0. The van der Waals surface area contributed by atoms with E-state index in [9.17, 15) is 9.59 Å². The smallest absolute Gasteiger partial charge is 0.226 e. The molecule has 3 rings (SSSR count). The van der Waals surface area contributed by atoms with Crippen LogP contribution in [0.5, 0.6) is 0 Å². The van der Waals surface area contributed by atoms with E-state index in [-0.39, 0.29) is 22.9 Å². The fourth-order valence-electron chi connectivity index (χ4n) is 2.31. The number of hydrogen-bond donors (Lipinski definition) is 1. The van der Waals surface area contributed by atoms with E-state index in [4.69, 9.17) is 0 Å². The first-order valence-electron chi connectivity index (χ1n) is 8.25. The van der Waals surface area contributed by atoms with Crippen LogP contribution in [0.25, 0.3) is 10.2 Å². The van der Waals surface area contributed by atoms with Crippen LogP contribution in [0.3, 0.4) is 0 Å². The lowest BCUT2D eigenvalue weighted by molar-refractivity contribution is -0.118. The molecule has 0 bridgehead atoms. The first-order valence-corrected chi connectivity index (χ1v) is 10.0. The summed E-state index contributed by atoms with van der Waals surface area (Å²) >= 11 is 3.02. The predicted molar refractivity (Wildman–Crippen MR) is 107 cm³/mol. The molecule has 1 atom stereocenters. The lowest BCUT2D eigenvalue weighted by Gasteiger charge is -2.11. The molecule has 0 spiro atoms. The molecule has 5 nitrogen and oxygen atoms in total. The number of Topliss-reactive ketones (excluding diaryl/α,β-unsaturated/α-hetero) is 1. The number of fused-ring (bicyclic) bond motifs is 1. The van der Waals surface area contributed by atoms with Gasteiger partial charge in [0.15, 0.2) is 5.78 Å². The zero-order chi connectivity index (χ0) is 18.7. The standard InChI is InChI=1S/C19H19N3O2S2/c1-11(2)18(24)22-14-6-4-13(5-7-14)16(23)12(3)26-19-17-15(8-9-25-17)20-10-21-19/h4-12H,1-3H3,(H,22,24). The van der Waals surface area contributed by atoms with E-state index in [1.807, 2.05) is 32.2 Å². The number of rotatable bonds is 6. The third-order valence-electron chi connectivity index (χ3n) is 3.83. The van der Waals surface area contributed by atoms with Gasteiger partial charge in [0, 0.05) is 17.2 Å². The largest absolute Gasteiger partial charge is 0.326 e. The highest BCUT2D eigenvalue weighted by Crippen LogP contribution is 2.32. The van der Waals surface area contributed by atoms with Crippen molar-refractivity contribution in [3.05, 3.63) is 47.6 Å². The van der Waals surface area contributed by atoms with Crippen molar-refractivity contribution in [1.82, 2.24) is 9.97 Å². The molecule has 0 saturated carbocycles. The second-order valence-corrected chi connectivity index (χ2v) is 8.41. The quantitative estimate of drug-likeness (QED) is 0.380. The maximum Gasteiger partial charge on any atom is 0.226 e. The average molecular weight is 386 g/mol. The highest BCUT2D eigenvalue weighted by atomic mass is 32.2. The highest BCUT2D eigenvalue weighted by Gasteiger charge is 2.19. The van der Waals surface area contributed by atoms with Gasteiger partial charge in [-0.2, -0.15) is 0 Å². The van der Waals surface area contributed by atoms with Gasteiger partial charge in [-0.3, -0.25) is 9.59 Å². The number of anilines is 1. The number of aromatic nitrogens is 2. The molecule has 0 aliphatic rings. The van der Waals surface area contributed by atoms with Crippen molar-refractivity contribution in [2.75, 3.05) is 5.32 Å². The summed E-state index contributed by atoms with van der Waals surface area (Å²) < 4.78 is 1.00. The average Bonchev–Trinajstić information content (AvgIpc) is 3.11. The Morgan fingerprint density at radius 2 is 1.81 bits per heavy atom. The van der Waals surface area contributed by atoms with Crippen LogP contribution in [0, 0.1) is 5.92 Å². The van der Waals surface area contributed by atoms with Crippen molar-refractivity contribution >= 4 is 50.7 Å². The summed E-state index contributed by atoms with van der Waals surface area (Å²) in [5.41, 5.74) is 2.21. The number of carbonyl (C=O) groups is 2. The third-order valence-corrected chi connectivity index (χ3v) is 5.97. The molecule has 7 heteroatoms. The van der Waals surface area contributed by atoms with E-state index in [0.29, 0.717) is 11.3 Å². The van der Waals surface area contributed by atoms with Crippen molar-refractivity contribution in [3.8, 4) is 0 Å². The van der Waals surface area contributed by atoms with Crippen molar-refractivity contribution in [2.24, 2.45) is 5.92 Å². The number of ketones is 1. The van der Waals surface area contributed by atoms with Crippen LogP contribution < -0.4 is 5.32 Å². The minimum atomic E-state index is -0.272. The zero-order valence-corrected chi connectivity index (χ0v) is 16.4. The Hall–Kier alpha value is -2.25. The Kier molecular flexibility index (Phi) is 5.68. The molecule has 0 radical (unpaired) electrons. The van der Waals surface area contributed by atoms with Gasteiger partial charge in [-0.15, -0.1) is 11.3 Å². The van der Waals surface area contributed by atoms with Gasteiger partial charge in [-0.1, -0.05) is 25.6 Å². The van der Waals surface area contributed by atoms with Crippen LogP contribution in [-0.2, 0) is 4.79 Å². The molecule has 1 unspecified atom stereocenters. The van der Waals surface area contributed by atoms with E-state index in [0.717, 1.165) is 15.2 Å². The number of thioether (sulfide) groups is 1. The molecule has 0 fully saturated rings. The number of benzene rings is 1. The van der Waals surface area contributed by atoms with Crippen LogP contribution in [0.2, 0.25) is 0 Å². The number of nitrogens with one attached hydrogen (secondary N) is 1. The van der Waals surface area contributed by atoms with Crippen molar-refractivity contribution in [2.45, 2.75) is 31.0 Å². The Labute approximate surface area is 160 Å². The zero-order valence-electron chi connectivity index (χ0n) is 14.7. The molecule has 2 aromatic heterocycles. The summed E-state index contributed by atoms with van der Waals surface area (Å²) in [4.78, 5) is 33.0. The van der Waals surface area contributed by atoms with E-state index < -0.39 is 0 Å². The normalized spacial score (nSPS) is 12.3. The molecule has 1 amide bonds. The van der Waals surface area contributed by atoms with Crippen LogP contribution in [0.4, 0.5) is 5.69 Å². The van der Waals surface area contributed by atoms with Crippen LogP contribution in [-0.4, -0.2) is 26.9 Å². The van der Waals surface area contributed by atoms with Gasteiger partial charge in [-0.25, -0.2) is 9.97 Å². The van der Waals surface area contributed by atoms with E-state index in [1.165, 1.54) is 18.1 Å². The van der Waals surface area contributed by atoms with Crippen LogP contribution in [0.15, 0.2) is 47.1 Å². The molecular weight excluding hydrogens is 366 g/mol. The van der Waals surface area contributed by atoms with Gasteiger partial charge < -0.3 is 5.32 Å². The van der Waals surface area contributed by atoms with Crippen molar-refractivity contribution in [3.63, 3.8) is 0 Å². The molecule has 0 aliphatic heterocycles. The fourth-order valence-corrected chi connectivity index (χ4v) is 4.22. The summed E-state index contributed by atoms with van der Waals surface area (Å²) in [5.74, 6) is -0.105. The number of amides is 1. The van der Waals surface area contributed by atoms with Gasteiger partial charge in [0.25, 0.3) is 0 Å². The van der Waals surface area contributed by atoms with Crippen molar-refractivity contribution < 1.29 is 9.59 Å². The first-order chi connectivity index (χ1) is 12.5. The Bertz CT molecular complexity index is 935. The SMILES string of the molecule is CC(C)C(=O)Nc1ccc(C(=O)C(C)Sc2ncnc3ccsc23)cc1. The van der Waals surface area contributed by atoms with E-state index in [2.05, 4.69) is 15.3 Å². The summed E-state index contributed by atoms with van der Waals surface area (Å²) in [6.45, 7) is 5.55. The fraction of sp³-hybridized carbons (Fsp3) is 0.263. The lowest BCUT2D eigenvalue weighted by Crippen LogP contribution is -2.18. The molecular formula is C19H19N3O2S2. The van der Waals surface area contributed by atoms with Gasteiger partial charge in [0.1, 0.15) is 11.4 Å². The molecule has 2 heterocycles. The number of hydrogen-bond acceptors (Lipinski definition) is 6. The lowest BCUT2D eigenvalue weighted by atomic mass is 10.1. The maximum atomic E-state index is 12.7. The number of thiophene rings is 1. The summed E-state index contributed by atoms with van der Waals surface area (Å²) in [5, 5.41) is 5.35. The Morgan fingerprint density at radius 1 is 1.08 bits per heavy atom. The molecule has 1 aromatic carbocycles. The molecule has 0 aliphatic carbocycles. The minimum Gasteiger partial charge on any atom is -0.326 e. The second-order valence-electron chi connectivity index (χ2n) is 6.16. The number of nitrogens with zero attached hydrogens (tertiary/aromatic N) is 2. The monoisotopic (exact) mass is 385 g/mol. The van der Waals surface area contributed by atoms with Gasteiger partial charge in [0.2, 0.25) is 5.91 Å². The minimum absolute atomic E-state index is 0.0278. The Morgan fingerprint density at radius 3 is 2.50 bits per heavy atom. The summed E-state index contributed by atoms with van der Waals surface area (Å²) in [6, 6.07) is 8.95. The number of carbonyl (C=O) groups excluding carboxylic acids is 2. The highest BCUT2D eigenvalue weighted by molar-refractivity contribution is 8.00. The first kappa shape index (κ1) is 18.5. The predicted octanol–water partition coefficient (Wildman–Crippen LogP) is 4.65. The third kappa shape index (κ3) is 4.11. The summed E-state index contributed by atoms with van der Waals surface area (Å²) in [6.07, 6.45) is 1.53.